The van der Waals surface area contributed by atoms with Crippen LogP contribution in [-0.2, 0) is 16.6 Å². The maximum atomic E-state index is 12.5. The first kappa shape index (κ1) is 25.4. The van der Waals surface area contributed by atoms with Crippen molar-refractivity contribution in [1.29, 1.82) is 0 Å². The van der Waals surface area contributed by atoms with Crippen molar-refractivity contribution in [2.75, 3.05) is 39.8 Å². The zero-order valence-corrected chi connectivity index (χ0v) is 22.4. The van der Waals surface area contributed by atoms with Crippen LogP contribution in [-0.4, -0.2) is 63.5 Å². The number of hydrogen-bond donors (Lipinski definition) is 1. The molecule has 0 unspecified atom stereocenters. The zero-order valence-electron chi connectivity index (χ0n) is 20.0. The quantitative estimate of drug-likeness (QED) is 0.496. The van der Waals surface area contributed by atoms with Crippen molar-refractivity contribution in [3.8, 4) is 5.75 Å². The third-order valence-electron chi connectivity index (χ3n) is 7.89. The summed E-state index contributed by atoms with van der Waals surface area (Å²) >= 11 is 3.70. The predicted octanol–water partition coefficient (Wildman–Crippen LogP) is 4.59. The van der Waals surface area contributed by atoms with Crippen LogP contribution in [0.4, 0.5) is 0 Å². The molecular weight excluding hydrogens is 502 g/mol. The van der Waals surface area contributed by atoms with Gasteiger partial charge < -0.3 is 9.64 Å². The van der Waals surface area contributed by atoms with E-state index in [1.54, 1.807) is 11.4 Å². The van der Waals surface area contributed by atoms with Gasteiger partial charge in [0.05, 0.1) is 7.11 Å². The Balaban J connectivity index is 1.13. The normalized spacial score (nSPS) is 26.0. The van der Waals surface area contributed by atoms with Gasteiger partial charge in [0.25, 0.3) is 10.2 Å². The molecule has 1 saturated carbocycles. The van der Waals surface area contributed by atoms with Crippen molar-refractivity contribution < 1.29 is 13.2 Å². The van der Waals surface area contributed by atoms with Crippen molar-refractivity contribution in [2.45, 2.75) is 70.3 Å². The van der Waals surface area contributed by atoms with Gasteiger partial charge in [0, 0.05) is 23.6 Å². The number of nitrogens with one attached hydrogen (secondary N) is 1. The van der Waals surface area contributed by atoms with Crippen LogP contribution in [0.3, 0.4) is 0 Å². The van der Waals surface area contributed by atoms with Crippen LogP contribution in [0.25, 0.3) is 0 Å². The summed E-state index contributed by atoms with van der Waals surface area (Å²) in [5.41, 5.74) is 1.35. The number of ether oxygens (including phenoxy) is 1. The maximum absolute atomic E-state index is 12.5. The highest BCUT2D eigenvalue weighted by Gasteiger charge is 2.30. The molecule has 6 nitrogen and oxygen atoms in total. The maximum Gasteiger partial charge on any atom is 0.279 e. The number of hydrogen-bond acceptors (Lipinski definition) is 4. The monoisotopic (exact) mass is 541 g/mol. The lowest BCUT2D eigenvalue weighted by molar-refractivity contribution is 0.164. The Labute approximate surface area is 208 Å². The fourth-order valence-electron chi connectivity index (χ4n) is 5.71. The largest absolute Gasteiger partial charge is 0.497 e. The number of methoxy groups -OCH3 is 1. The number of rotatable bonds is 9. The molecule has 0 radical (unpaired) electrons. The number of likely N-dealkylation sites (tertiary alicyclic amines) is 1. The van der Waals surface area contributed by atoms with E-state index in [4.69, 9.17) is 4.74 Å². The highest BCUT2D eigenvalue weighted by atomic mass is 79.9. The van der Waals surface area contributed by atoms with Crippen LogP contribution in [0.1, 0.15) is 63.4 Å². The highest BCUT2D eigenvalue weighted by molar-refractivity contribution is 9.10. The van der Waals surface area contributed by atoms with Crippen LogP contribution in [0, 0.1) is 11.8 Å². The van der Waals surface area contributed by atoms with Gasteiger partial charge in [-0.2, -0.15) is 17.4 Å². The summed E-state index contributed by atoms with van der Waals surface area (Å²) in [4.78, 5) is 2.64. The standard InChI is InChI=1S/C25H40BrN3O3S/c1-32-24-8-9-25(26)22(19-24)18-21-11-16-28(17-12-21)15-10-20-4-6-23(7-5-20)27-33(30,31)29-13-2-3-14-29/h8-9,19-21,23,27H,2-7,10-18H2,1H3. The first-order valence-electron chi connectivity index (χ1n) is 12.7. The second-order valence-electron chi connectivity index (χ2n) is 10.2. The van der Waals surface area contributed by atoms with E-state index < -0.39 is 10.2 Å². The molecule has 1 N–H and O–H groups in total. The molecule has 0 aromatic heterocycles. The van der Waals surface area contributed by atoms with Crippen LogP contribution < -0.4 is 9.46 Å². The molecular formula is C25H40BrN3O3S. The van der Waals surface area contributed by atoms with Gasteiger partial charge in [-0.05, 0) is 119 Å². The van der Waals surface area contributed by atoms with Gasteiger partial charge in [0.1, 0.15) is 5.75 Å². The van der Waals surface area contributed by atoms with Gasteiger partial charge in [-0.3, -0.25) is 0 Å². The average molecular weight is 543 g/mol. The van der Waals surface area contributed by atoms with Crippen molar-refractivity contribution in [3.63, 3.8) is 0 Å². The topological polar surface area (TPSA) is 61.9 Å². The second kappa shape index (κ2) is 11.8. The lowest BCUT2D eigenvalue weighted by atomic mass is 9.84. The summed E-state index contributed by atoms with van der Waals surface area (Å²) < 4.78 is 36.2. The van der Waals surface area contributed by atoms with E-state index in [9.17, 15) is 8.42 Å². The summed E-state index contributed by atoms with van der Waals surface area (Å²) in [6.07, 6.45) is 11.1. The van der Waals surface area contributed by atoms with Crippen molar-refractivity contribution in [1.82, 2.24) is 13.9 Å². The summed E-state index contributed by atoms with van der Waals surface area (Å²) in [6.45, 7) is 4.93. The van der Waals surface area contributed by atoms with Gasteiger partial charge in [0.2, 0.25) is 0 Å². The number of benzene rings is 1. The molecule has 33 heavy (non-hydrogen) atoms. The molecule has 8 heteroatoms. The molecule has 1 aromatic rings. The Kier molecular flexibility index (Phi) is 9.12. The number of nitrogens with zero attached hydrogens (tertiary/aromatic N) is 2. The van der Waals surface area contributed by atoms with Crippen molar-refractivity contribution in [2.24, 2.45) is 11.8 Å². The van der Waals surface area contributed by atoms with Crippen LogP contribution >= 0.6 is 15.9 Å². The minimum atomic E-state index is -3.28. The number of halogens is 1. The van der Waals surface area contributed by atoms with Crippen molar-refractivity contribution >= 4 is 26.1 Å². The summed E-state index contributed by atoms with van der Waals surface area (Å²) in [6, 6.07) is 6.39. The molecule has 1 aliphatic carbocycles. The molecule has 2 heterocycles. The predicted molar refractivity (Wildman–Crippen MR) is 137 cm³/mol. The van der Waals surface area contributed by atoms with E-state index in [0.717, 1.165) is 62.5 Å². The molecule has 3 fully saturated rings. The average Bonchev–Trinajstić information content (AvgIpc) is 3.37. The third kappa shape index (κ3) is 7.17. The lowest BCUT2D eigenvalue weighted by Gasteiger charge is -2.34. The molecule has 0 atom stereocenters. The highest BCUT2D eigenvalue weighted by Crippen LogP contribution is 2.31. The fraction of sp³-hybridized carbons (Fsp3) is 0.760. The summed E-state index contributed by atoms with van der Waals surface area (Å²) in [5.74, 6) is 2.41. The van der Waals surface area contributed by atoms with Gasteiger partial charge >= 0.3 is 0 Å². The fourth-order valence-corrected chi connectivity index (χ4v) is 7.66. The molecule has 0 spiro atoms. The van der Waals surface area contributed by atoms with E-state index in [1.165, 1.54) is 48.9 Å². The Morgan fingerprint density at radius 2 is 1.70 bits per heavy atom. The Hall–Kier alpha value is -0.670. The van der Waals surface area contributed by atoms with Gasteiger partial charge in [0.15, 0.2) is 0 Å². The van der Waals surface area contributed by atoms with Crippen LogP contribution in [0.2, 0.25) is 0 Å². The smallest absolute Gasteiger partial charge is 0.279 e. The van der Waals surface area contributed by atoms with Gasteiger partial charge in [-0.15, -0.1) is 0 Å². The number of piperidine rings is 1. The summed E-state index contributed by atoms with van der Waals surface area (Å²) in [7, 11) is -1.55. The van der Waals surface area contributed by atoms with Crippen LogP contribution in [0.5, 0.6) is 5.75 Å². The molecule has 186 valence electrons. The molecule has 1 aromatic carbocycles. The molecule has 4 rings (SSSR count). The van der Waals surface area contributed by atoms with E-state index in [1.807, 2.05) is 6.07 Å². The van der Waals surface area contributed by atoms with E-state index >= 15 is 0 Å². The summed E-state index contributed by atoms with van der Waals surface area (Å²) in [5, 5.41) is 0. The Morgan fingerprint density at radius 1 is 1.00 bits per heavy atom. The van der Waals surface area contributed by atoms with Crippen LogP contribution in [0.15, 0.2) is 22.7 Å². The minimum absolute atomic E-state index is 0.124. The van der Waals surface area contributed by atoms with Gasteiger partial charge in [-0.25, -0.2) is 0 Å². The van der Waals surface area contributed by atoms with Gasteiger partial charge in [-0.1, -0.05) is 15.9 Å². The molecule has 2 saturated heterocycles. The third-order valence-corrected chi connectivity index (χ3v) is 10.3. The van der Waals surface area contributed by atoms with Crippen molar-refractivity contribution in [3.05, 3.63) is 28.2 Å². The van der Waals surface area contributed by atoms with E-state index in [2.05, 4.69) is 37.7 Å². The molecule has 0 amide bonds. The molecule has 3 aliphatic rings. The first-order chi connectivity index (χ1) is 15.9. The minimum Gasteiger partial charge on any atom is -0.497 e. The Morgan fingerprint density at radius 3 is 2.36 bits per heavy atom. The first-order valence-corrected chi connectivity index (χ1v) is 15.0. The lowest BCUT2D eigenvalue weighted by Crippen LogP contribution is -2.45. The molecule has 2 aliphatic heterocycles. The van der Waals surface area contributed by atoms with E-state index in [0.29, 0.717) is 13.1 Å². The molecule has 0 bridgehead atoms. The van der Waals surface area contributed by atoms with E-state index in [-0.39, 0.29) is 6.04 Å². The zero-order chi connectivity index (χ0) is 23.3. The Bertz CT molecular complexity index is 860. The SMILES string of the molecule is COc1ccc(Br)c(CC2CCN(CCC3CCC(NS(=O)(=O)N4CCCC4)CC3)CC2)c1. The second-order valence-corrected chi connectivity index (χ2v) is 12.7.